The number of aryl methyl sites for hydroxylation is 1. The number of carbonyl (C=O) groups is 2. The number of nitrogens with one attached hydrogen (secondary N) is 1. The van der Waals surface area contributed by atoms with Crippen LogP contribution in [0.3, 0.4) is 0 Å². The van der Waals surface area contributed by atoms with Crippen LogP contribution in [0.5, 0.6) is 0 Å². The molecule has 1 aromatic carbocycles. The minimum Gasteiger partial charge on any atom is -0.345 e. The molecule has 2 fully saturated rings. The van der Waals surface area contributed by atoms with Crippen molar-refractivity contribution >= 4 is 17.5 Å². The zero-order valence-corrected chi connectivity index (χ0v) is 14.3. The molecule has 128 valence electrons. The number of rotatable bonds is 2. The molecule has 4 atom stereocenters. The van der Waals surface area contributed by atoms with E-state index < -0.39 is 11.8 Å². The van der Waals surface area contributed by atoms with Crippen molar-refractivity contribution in [1.82, 2.24) is 5.32 Å². The summed E-state index contributed by atoms with van der Waals surface area (Å²) in [7, 11) is 0. The van der Waals surface area contributed by atoms with Gasteiger partial charge in [-0.25, -0.2) is 0 Å². The van der Waals surface area contributed by atoms with Crippen LogP contribution in [0.15, 0.2) is 24.3 Å². The van der Waals surface area contributed by atoms with Gasteiger partial charge in [0.1, 0.15) is 0 Å². The number of hydrogen-bond donors (Lipinski definition) is 1. The fourth-order valence-corrected chi connectivity index (χ4v) is 5.15. The van der Waals surface area contributed by atoms with Gasteiger partial charge in [0.25, 0.3) is 0 Å². The van der Waals surface area contributed by atoms with E-state index >= 15 is 0 Å². The summed E-state index contributed by atoms with van der Waals surface area (Å²) in [4.78, 5) is 26.9. The van der Waals surface area contributed by atoms with E-state index in [-0.39, 0.29) is 6.04 Å². The van der Waals surface area contributed by atoms with Crippen molar-refractivity contribution in [2.75, 3.05) is 11.4 Å². The summed E-state index contributed by atoms with van der Waals surface area (Å²) in [6, 6.07) is 8.00. The Hall–Kier alpha value is -1.84. The SMILES string of the molecule is CC(NC(=O)C(=O)N1CCCc2ccccc21)C1CC2CCC1C2. The quantitative estimate of drug-likeness (QED) is 0.850. The van der Waals surface area contributed by atoms with Crippen LogP contribution in [0.4, 0.5) is 5.69 Å². The van der Waals surface area contributed by atoms with Crippen LogP contribution >= 0.6 is 0 Å². The Balaban J connectivity index is 1.42. The van der Waals surface area contributed by atoms with Crippen LogP contribution in [0.1, 0.15) is 44.6 Å². The number of nitrogens with zero attached hydrogens (tertiary/aromatic N) is 1. The van der Waals surface area contributed by atoms with Gasteiger partial charge in [-0.3, -0.25) is 9.59 Å². The summed E-state index contributed by atoms with van der Waals surface area (Å²) in [5.74, 6) is 1.30. The van der Waals surface area contributed by atoms with Crippen LogP contribution in [-0.4, -0.2) is 24.4 Å². The predicted octanol–water partition coefficient (Wildman–Crippen LogP) is 2.91. The molecule has 24 heavy (non-hydrogen) atoms. The molecule has 2 saturated carbocycles. The highest BCUT2D eigenvalue weighted by Crippen LogP contribution is 2.49. The molecule has 4 heteroatoms. The Morgan fingerprint density at radius 2 is 2.04 bits per heavy atom. The molecule has 1 N–H and O–H groups in total. The first-order chi connectivity index (χ1) is 11.6. The Morgan fingerprint density at radius 1 is 1.21 bits per heavy atom. The maximum atomic E-state index is 12.7. The summed E-state index contributed by atoms with van der Waals surface area (Å²) >= 11 is 0. The van der Waals surface area contributed by atoms with Crippen LogP contribution in [-0.2, 0) is 16.0 Å². The fraction of sp³-hybridized carbons (Fsp3) is 0.600. The van der Waals surface area contributed by atoms with Crippen molar-refractivity contribution in [3.63, 3.8) is 0 Å². The van der Waals surface area contributed by atoms with E-state index in [2.05, 4.69) is 12.2 Å². The number of fused-ring (bicyclic) bond motifs is 3. The minimum absolute atomic E-state index is 0.0942. The third-order valence-electron chi connectivity index (χ3n) is 6.34. The Morgan fingerprint density at radius 3 is 2.79 bits per heavy atom. The Labute approximate surface area is 143 Å². The summed E-state index contributed by atoms with van der Waals surface area (Å²) < 4.78 is 0. The first-order valence-corrected chi connectivity index (χ1v) is 9.33. The summed E-state index contributed by atoms with van der Waals surface area (Å²) in [5.41, 5.74) is 2.06. The lowest BCUT2D eigenvalue weighted by Crippen LogP contribution is -2.49. The van der Waals surface area contributed by atoms with Gasteiger partial charge < -0.3 is 10.2 Å². The van der Waals surface area contributed by atoms with Gasteiger partial charge in [-0.15, -0.1) is 0 Å². The average Bonchev–Trinajstić information content (AvgIpc) is 3.24. The smallest absolute Gasteiger partial charge is 0.316 e. The van der Waals surface area contributed by atoms with Crippen molar-refractivity contribution in [3.8, 4) is 0 Å². The summed E-state index contributed by atoms with van der Waals surface area (Å²) in [6.07, 6.45) is 7.07. The van der Waals surface area contributed by atoms with E-state index in [0.29, 0.717) is 12.5 Å². The van der Waals surface area contributed by atoms with Crippen molar-refractivity contribution in [2.24, 2.45) is 17.8 Å². The first-order valence-electron chi connectivity index (χ1n) is 9.33. The van der Waals surface area contributed by atoms with Gasteiger partial charge in [-0.05, 0) is 68.4 Å². The summed E-state index contributed by atoms with van der Waals surface area (Å²) in [5, 5.41) is 3.00. The summed E-state index contributed by atoms with van der Waals surface area (Å²) in [6.45, 7) is 2.70. The molecule has 1 aliphatic heterocycles. The largest absolute Gasteiger partial charge is 0.345 e. The highest BCUT2D eigenvalue weighted by atomic mass is 16.2. The van der Waals surface area contributed by atoms with Gasteiger partial charge in [-0.1, -0.05) is 24.6 Å². The second-order valence-corrected chi connectivity index (χ2v) is 7.79. The van der Waals surface area contributed by atoms with Crippen LogP contribution in [0, 0.1) is 17.8 Å². The standard InChI is InChI=1S/C20H26N2O2/c1-13(17-12-14-8-9-16(17)11-14)21-19(23)20(24)22-10-4-6-15-5-2-3-7-18(15)22/h2-3,5,7,13-14,16-17H,4,6,8-12H2,1H3,(H,21,23). The van der Waals surface area contributed by atoms with Crippen LogP contribution < -0.4 is 10.2 Å². The molecular formula is C20H26N2O2. The third kappa shape index (κ3) is 2.72. The van der Waals surface area contributed by atoms with Gasteiger partial charge >= 0.3 is 11.8 Å². The van der Waals surface area contributed by atoms with Gasteiger partial charge in [-0.2, -0.15) is 0 Å². The van der Waals surface area contributed by atoms with Crippen molar-refractivity contribution in [1.29, 1.82) is 0 Å². The molecule has 4 unspecified atom stereocenters. The van der Waals surface area contributed by atoms with Gasteiger partial charge in [0.05, 0.1) is 0 Å². The molecule has 3 aliphatic rings. The molecule has 4 rings (SSSR count). The maximum Gasteiger partial charge on any atom is 0.316 e. The fourth-order valence-electron chi connectivity index (χ4n) is 5.15. The molecule has 0 radical (unpaired) electrons. The zero-order chi connectivity index (χ0) is 16.7. The van der Waals surface area contributed by atoms with Gasteiger partial charge in [0.15, 0.2) is 0 Å². The second kappa shape index (κ2) is 6.23. The molecule has 0 aromatic heterocycles. The molecule has 4 nitrogen and oxygen atoms in total. The molecule has 2 amide bonds. The highest BCUT2D eigenvalue weighted by molar-refractivity contribution is 6.40. The number of benzene rings is 1. The van der Waals surface area contributed by atoms with Gasteiger partial charge in [0, 0.05) is 18.3 Å². The van der Waals surface area contributed by atoms with Crippen molar-refractivity contribution < 1.29 is 9.59 Å². The molecule has 2 aliphatic carbocycles. The Kier molecular flexibility index (Phi) is 4.07. The normalized spacial score (nSPS) is 29.2. The van der Waals surface area contributed by atoms with Crippen molar-refractivity contribution in [2.45, 2.75) is 51.5 Å². The predicted molar refractivity (Wildman–Crippen MR) is 93.7 cm³/mol. The lowest BCUT2D eigenvalue weighted by Gasteiger charge is -2.31. The molecule has 2 bridgehead atoms. The minimum atomic E-state index is -0.443. The molecule has 0 spiro atoms. The number of carbonyl (C=O) groups excluding carboxylic acids is 2. The average molecular weight is 326 g/mol. The lowest BCUT2D eigenvalue weighted by molar-refractivity contribution is -0.138. The van der Waals surface area contributed by atoms with E-state index in [1.165, 1.54) is 25.7 Å². The van der Waals surface area contributed by atoms with E-state index in [9.17, 15) is 9.59 Å². The molecule has 0 saturated heterocycles. The number of anilines is 1. The molecular weight excluding hydrogens is 300 g/mol. The van der Waals surface area contributed by atoms with E-state index in [1.807, 2.05) is 24.3 Å². The third-order valence-corrected chi connectivity index (χ3v) is 6.34. The first kappa shape index (κ1) is 15.7. The molecule has 1 aromatic rings. The lowest BCUT2D eigenvalue weighted by atomic mass is 9.84. The van der Waals surface area contributed by atoms with Crippen LogP contribution in [0.2, 0.25) is 0 Å². The Bertz CT molecular complexity index is 657. The number of amides is 2. The zero-order valence-electron chi connectivity index (χ0n) is 14.3. The van der Waals surface area contributed by atoms with Crippen LogP contribution in [0.25, 0.3) is 0 Å². The monoisotopic (exact) mass is 326 g/mol. The van der Waals surface area contributed by atoms with E-state index in [0.717, 1.165) is 35.9 Å². The van der Waals surface area contributed by atoms with E-state index in [4.69, 9.17) is 0 Å². The van der Waals surface area contributed by atoms with Crippen molar-refractivity contribution in [3.05, 3.63) is 29.8 Å². The number of para-hydroxylation sites is 1. The maximum absolute atomic E-state index is 12.7. The number of hydrogen-bond acceptors (Lipinski definition) is 2. The second-order valence-electron chi connectivity index (χ2n) is 7.79. The topological polar surface area (TPSA) is 49.4 Å². The van der Waals surface area contributed by atoms with Gasteiger partial charge in [0.2, 0.25) is 0 Å². The van der Waals surface area contributed by atoms with E-state index in [1.54, 1.807) is 4.90 Å². The molecule has 1 heterocycles. The highest BCUT2D eigenvalue weighted by Gasteiger charge is 2.42.